The van der Waals surface area contributed by atoms with Crippen molar-refractivity contribution >= 4 is 5.97 Å². The molecule has 2 aliphatic rings. The van der Waals surface area contributed by atoms with E-state index in [1.807, 2.05) is 0 Å². The summed E-state index contributed by atoms with van der Waals surface area (Å²) in [5, 5.41) is 0. The average Bonchev–Trinajstić information content (AvgIpc) is 2.78. The maximum Gasteiger partial charge on any atom is 0.311 e. The first kappa shape index (κ1) is 24.5. The van der Waals surface area contributed by atoms with E-state index in [1.54, 1.807) is 0 Å². The summed E-state index contributed by atoms with van der Waals surface area (Å²) in [6.45, 7) is 4.92. The molecule has 1 aromatic rings. The summed E-state index contributed by atoms with van der Waals surface area (Å²) in [5.74, 6) is 0.425. The Kier molecular flexibility index (Phi) is 9.36. The summed E-state index contributed by atoms with van der Waals surface area (Å²) in [5.41, 5.74) is 0.244. The van der Waals surface area contributed by atoms with Gasteiger partial charge in [0.15, 0.2) is 6.29 Å². The summed E-state index contributed by atoms with van der Waals surface area (Å²) in [6.07, 6.45) is 6.87. The highest BCUT2D eigenvalue weighted by atomic mass is 19.3. The first-order valence-corrected chi connectivity index (χ1v) is 11.3. The lowest BCUT2D eigenvalue weighted by Crippen LogP contribution is -2.28. The Morgan fingerprint density at radius 2 is 1.78 bits per heavy atom. The Bertz CT molecular complexity index is 790. The van der Waals surface area contributed by atoms with Crippen molar-refractivity contribution in [2.24, 2.45) is 17.8 Å². The lowest BCUT2D eigenvalue weighted by Gasteiger charge is -2.32. The van der Waals surface area contributed by atoms with Crippen LogP contribution in [0.3, 0.4) is 0 Å². The van der Waals surface area contributed by atoms with Gasteiger partial charge in [-0.2, -0.15) is 8.78 Å². The summed E-state index contributed by atoms with van der Waals surface area (Å²) < 4.78 is 55.1. The van der Waals surface area contributed by atoms with Gasteiger partial charge in [0.1, 0.15) is 11.6 Å². The van der Waals surface area contributed by atoms with Crippen molar-refractivity contribution in [2.75, 3.05) is 13.2 Å². The Morgan fingerprint density at radius 3 is 2.41 bits per heavy atom. The Morgan fingerprint density at radius 1 is 1.09 bits per heavy atom. The molecule has 1 aliphatic heterocycles. The van der Waals surface area contributed by atoms with Crippen LogP contribution in [-0.2, 0) is 14.3 Å². The number of hydrogen-bond donors (Lipinski definition) is 0. The van der Waals surface area contributed by atoms with Gasteiger partial charge in [-0.25, -0.2) is 4.39 Å². The van der Waals surface area contributed by atoms with Gasteiger partial charge in [0.25, 0.3) is 6.08 Å². The Balaban J connectivity index is 1.41. The lowest BCUT2D eigenvalue weighted by atomic mass is 9.79. The van der Waals surface area contributed by atoms with Gasteiger partial charge in [-0.15, -0.1) is 6.58 Å². The molecule has 0 atom stereocenters. The van der Waals surface area contributed by atoms with E-state index in [-0.39, 0.29) is 24.2 Å². The lowest BCUT2D eigenvalue weighted by molar-refractivity contribution is -0.207. The monoisotopic (exact) mass is 452 g/mol. The molecule has 32 heavy (non-hydrogen) atoms. The van der Waals surface area contributed by atoms with E-state index in [9.17, 15) is 18.0 Å². The van der Waals surface area contributed by atoms with Crippen molar-refractivity contribution in [3.05, 3.63) is 54.4 Å². The number of ether oxygens (including phenoxy) is 3. The molecule has 7 heteroatoms. The zero-order valence-corrected chi connectivity index (χ0v) is 18.2. The van der Waals surface area contributed by atoms with Gasteiger partial charge in [0.2, 0.25) is 0 Å². The number of allylic oxidation sites excluding steroid dienone is 2. The molecule has 0 bridgehead atoms. The first-order chi connectivity index (χ1) is 15.4. The number of benzene rings is 1. The second kappa shape index (κ2) is 12.2. The highest BCUT2D eigenvalue weighted by Crippen LogP contribution is 2.35. The zero-order valence-electron chi connectivity index (χ0n) is 18.2. The molecule has 0 spiro atoms. The van der Waals surface area contributed by atoms with Gasteiger partial charge in [-0.3, -0.25) is 4.79 Å². The Labute approximate surface area is 187 Å². The van der Waals surface area contributed by atoms with Crippen molar-refractivity contribution in [3.8, 4) is 5.75 Å². The molecule has 0 radical (unpaired) electrons. The highest BCUT2D eigenvalue weighted by molar-refractivity contribution is 5.72. The molecule has 3 rings (SSSR count). The molecule has 176 valence electrons. The normalized spacial score (nSPS) is 25.7. The van der Waals surface area contributed by atoms with Gasteiger partial charge < -0.3 is 14.2 Å². The van der Waals surface area contributed by atoms with Crippen LogP contribution in [-0.4, -0.2) is 19.2 Å². The van der Waals surface area contributed by atoms with Crippen LogP contribution in [0.2, 0.25) is 0 Å². The topological polar surface area (TPSA) is 44.8 Å². The molecule has 1 heterocycles. The van der Waals surface area contributed by atoms with Crippen LogP contribution in [0.15, 0.2) is 43.0 Å². The zero-order chi connectivity index (χ0) is 22.9. The van der Waals surface area contributed by atoms with Crippen LogP contribution in [0.5, 0.6) is 5.75 Å². The molecular weight excluding hydrogens is 421 g/mol. The second-order valence-corrected chi connectivity index (χ2v) is 8.65. The van der Waals surface area contributed by atoms with Crippen LogP contribution in [0, 0.1) is 23.6 Å². The molecule has 0 unspecified atom stereocenters. The van der Waals surface area contributed by atoms with Crippen molar-refractivity contribution in [1.82, 2.24) is 0 Å². The molecule has 4 nitrogen and oxygen atoms in total. The van der Waals surface area contributed by atoms with Crippen LogP contribution < -0.4 is 4.74 Å². The van der Waals surface area contributed by atoms with Crippen molar-refractivity contribution in [1.29, 1.82) is 0 Å². The molecule has 1 aromatic carbocycles. The third-order valence-electron chi connectivity index (χ3n) is 6.28. The molecule has 2 fully saturated rings. The smallest absolute Gasteiger partial charge is 0.311 e. The van der Waals surface area contributed by atoms with Crippen LogP contribution >= 0.6 is 0 Å². The fourth-order valence-corrected chi connectivity index (χ4v) is 4.32. The highest BCUT2D eigenvalue weighted by Gasteiger charge is 2.27. The average molecular weight is 453 g/mol. The molecular formula is C25H31F3O4. The number of carbonyl (C=O) groups is 1. The van der Waals surface area contributed by atoms with Gasteiger partial charge in [-0.1, -0.05) is 12.5 Å². The number of hydrogen-bond acceptors (Lipinski definition) is 4. The summed E-state index contributed by atoms with van der Waals surface area (Å²) in [4.78, 5) is 11.7. The fraction of sp³-hybridized carbons (Fsp3) is 0.560. The maximum absolute atomic E-state index is 14.5. The van der Waals surface area contributed by atoms with E-state index < -0.39 is 24.2 Å². The minimum absolute atomic E-state index is 0.0146. The number of esters is 1. The standard InChI is InChI=1S/C25H31F3O4/c1-2-17-6-8-18(9-7-17)10-11-19-15-30-25(31-16-19)21-13-12-20(14-22(21)26)32-24(29)5-3-4-23(27)28/h2,4,12-14,17-19,25H,1,3,5-11,15-16H2. The first-order valence-electron chi connectivity index (χ1n) is 11.3. The second-order valence-electron chi connectivity index (χ2n) is 8.65. The summed E-state index contributed by atoms with van der Waals surface area (Å²) in [7, 11) is 0. The largest absolute Gasteiger partial charge is 0.426 e. The molecule has 1 saturated heterocycles. The van der Waals surface area contributed by atoms with Gasteiger partial charge in [0.05, 0.1) is 13.2 Å². The van der Waals surface area contributed by atoms with E-state index >= 15 is 0 Å². The third kappa shape index (κ3) is 7.48. The van der Waals surface area contributed by atoms with Crippen LogP contribution in [0.1, 0.15) is 63.2 Å². The van der Waals surface area contributed by atoms with Crippen LogP contribution in [0.25, 0.3) is 0 Å². The predicted molar refractivity (Wildman–Crippen MR) is 115 cm³/mol. The third-order valence-corrected chi connectivity index (χ3v) is 6.28. The fourth-order valence-electron chi connectivity index (χ4n) is 4.32. The predicted octanol–water partition coefficient (Wildman–Crippen LogP) is 6.73. The molecule has 0 aromatic heterocycles. The summed E-state index contributed by atoms with van der Waals surface area (Å²) in [6, 6.07) is 3.99. The van der Waals surface area contributed by atoms with Gasteiger partial charge >= 0.3 is 5.97 Å². The van der Waals surface area contributed by atoms with E-state index in [0.29, 0.717) is 31.1 Å². The minimum atomic E-state index is -1.85. The number of halogens is 3. The molecule has 1 saturated carbocycles. The SMILES string of the molecule is C=CC1CCC(CCC2COC(c3ccc(OC(=O)CCC=C(F)F)cc3F)OC2)CC1. The number of carbonyl (C=O) groups excluding carboxylic acids is 1. The minimum Gasteiger partial charge on any atom is -0.426 e. The van der Waals surface area contributed by atoms with E-state index in [0.717, 1.165) is 24.8 Å². The molecule has 0 N–H and O–H groups in total. The van der Waals surface area contributed by atoms with Crippen molar-refractivity contribution in [3.63, 3.8) is 0 Å². The molecule has 0 amide bonds. The van der Waals surface area contributed by atoms with Crippen LogP contribution in [0.4, 0.5) is 13.2 Å². The van der Waals surface area contributed by atoms with Crippen molar-refractivity contribution in [2.45, 2.75) is 57.7 Å². The van der Waals surface area contributed by atoms with Gasteiger partial charge in [0, 0.05) is 24.0 Å². The van der Waals surface area contributed by atoms with E-state index in [4.69, 9.17) is 14.2 Å². The number of rotatable bonds is 9. The van der Waals surface area contributed by atoms with Crippen molar-refractivity contribution < 1.29 is 32.2 Å². The van der Waals surface area contributed by atoms with E-state index in [1.165, 1.54) is 37.8 Å². The molecule has 1 aliphatic carbocycles. The maximum atomic E-state index is 14.5. The van der Waals surface area contributed by atoms with Gasteiger partial charge in [-0.05, 0) is 68.6 Å². The quantitative estimate of drug-likeness (QED) is 0.237. The Hall–Kier alpha value is -2.12. The summed E-state index contributed by atoms with van der Waals surface area (Å²) >= 11 is 0. The van der Waals surface area contributed by atoms with E-state index in [2.05, 4.69) is 12.7 Å².